The molecule has 1 aromatic carbocycles. The van der Waals surface area contributed by atoms with Gasteiger partial charge in [-0.2, -0.15) is 0 Å². The summed E-state index contributed by atoms with van der Waals surface area (Å²) in [7, 11) is 0. The van der Waals surface area contributed by atoms with Crippen molar-refractivity contribution in [1.29, 1.82) is 0 Å². The Morgan fingerprint density at radius 1 is 1.35 bits per heavy atom. The Labute approximate surface area is 117 Å². The first-order valence-corrected chi connectivity index (χ1v) is 6.37. The molecule has 0 saturated carbocycles. The molecular formula is C15H18N2O3. The predicted octanol–water partition coefficient (Wildman–Crippen LogP) is 3.18. The van der Waals surface area contributed by atoms with E-state index >= 15 is 0 Å². The molecule has 2 aromatic rings. The lowest BCUT2D eigenvalue weighted by Crippen LogP contribution is -2.42. The van der Waals surface area contributed by atoms with Crippen LogP contribution in [0.4, 0.5) is 4.79 Å². The molecule has 0 atom stereocenters. The molecule has 2 rings (SSSR count). The normalized spacial score (nSPS) is 11.4. The van der Waals surface area contributed by atoms with Crippen LogP contribution in [0.5, 0.6) is 5.75 Å². The molecule has 0 saturated heterocycles. The summed E-state index contributed by atoms with van der Waals surface area (Å²) in [5.41, 5.74) is 1.78. The highest BCUT2D eigenvalue weighted by Crippen LogP contribution is 2.29. The standard InChI is InChI=1S/C15H18N2O3/c1-9-5-6-11(20-14(19)17-15(2,3)4)13-12(9)10(8-18)7-16-13/h5-8,16H,1-4H3,(H,17,19). The maximum atomic E-state index is 11.8. The largest absolute Gasteiger partial charge is 0.413 e. The van der Waals surface area contributed by atoms with Gasteiger partial charge in [0.25, 0.3) is 0 Å². The highest BCUT2D eigenvalue weighted by atomic mass is 16.6. The van der Waals surface area contributed by atoms with Crippen LogP contribution in [0.15, 0.2) is 18.3 Å². The number of ether oxygens (including phenoxy) is 1. The summed E-state index contributed by atoms with van der Waals surface area (Å²) in [6.07, 6.45) is 1.87. The van der Waals surface area contributed by atoms with Gasteiger partial charge in [0.2, 0.25) is 0 Å². The first-order chi connectivity index (χ1) is 9.31. The van der Waals surface area contributed by atoms with Crippen LogP contribution in [0.2, 0.25) is 0 Å². The first-order valence-electron chi connectivity index (χ1n) is 6.37. The Bertz CT molecular complexity index is 666. The fraction of sp³-hybridized carbons (Fsp3) is 0.333. The minimum absolute atomic E-state index is 0.370. The van der Waals surface area contributed by atoms with E-state index in [1.807, 2.05) is 33.8 Å². The highest BCUT2D eigenvalue weighted by Gasteiger charge is 2.17. The van der Waals surface area contributed by atoms with Crippen molar-refractivity contribution in [2.24, 2.45) is 0 Å². The van der Waals surface area contributed by atoms with Crippen LogP contribution in [0, 0.1) is 6.92 Å². The van der Waals surface area contributed by atoms with Crippen molar-refractivity contribution in [2.75, 3.05) is 0 Å². The lowest BCUT2D eigenvalue weighted by Gasteiger charge is -2.20. The smallest absolute Gasteiger partial charge is 0.408 e. The van der Waals surface area contributed by atoms with Crippen LogP contribution in [0.1, 0.15) is 36.7 Å². The zero-order chi connectivity index (χ0) is 14.9. The summed E-state index contributed by atoms with van der Waals surface area (Å²) < 4.78 is 5.32. The van der Waals surface area contributed by atoms with Crippen LogP contribution in [0.25, 0.3) is 10.9 Å². The average molecular weight is 274 g/mol. The third kappa shape index (κ3) is 2.82. The minimum atomic E-state index is -0.523. The van der Waals surface area contributed by atoms with E-state index in [1.165, 1.54) is 0 Å². The van der Waals surface area contributed by atoms with Crippen LogP contribution in [0.3, 0.4) is 0 Å². The maximum Gasteiger partial charge on any atom is 0.413 e. The lowest BCUT2D eigenvalue weighted by atomic mass is 10.1. The molecule has 0 aliphatic carbocycles. The second kappa shape index (κ2) is 5.00. The number of fused-ring (bicyclic) bond motifs is 1. The van der Waals surface area contributed by atoms with Gasteiger partial charge in [-0.1, -0.05) is 6.07 Å². The molecule has 20 heavy (non-hydrogen) atoms. The number of nitrogens with one attached hydrogen (secondary N) is 2. The molecule has 1 heterocycles. The van der Waals surface area contributed by atoms with Crippen molar-refractivity contribution in [2.45, 2.75) is 33.2 Å². The summed E-state index contributed by atoms with van der Waals surface area (Å²) in [5.74, 6) is 0.403. The maximum absolute atomic E-state index is 11.8. The van der Waals surface area contributed by atoms with Crippen molar-refractivity contribution in [3.8, 4) is 5.75 Å². The Hall–Kier alpha value is -2.30. The zero-order valence-corrected chi connectivity index (χ0v) is 12.0. The van der Waals surface area contributed by atoms with Gasteiger partial charge in [-0.05, 0) is 39.3 Å². The Kier molecular flexibility index (Phi) is 3.53. The molecule has 0 radical (unpaired) electrons. The van der Waals surface area contributed by atoms with Crippen molar-refractivity contribution in [3.63, 3.8) is 0 Å². The molecule has 0 bridgehead atoms. The van der Waals surface area contributed by atoms with E-state index in [2.05, 4.69) is 10.3 Å². The monoisotopic (exact) mass is 274 g/mol. The van der Waals surface area contributed by atoms with E-state index in [-0.39, 0.29) is 5.54 Å². The van der Waals surface area contributed by atoms with E-state index in [1.54, 1.807) is 12.3 Å². The summed E-state index contributed by atoms with van der Waals surface area (Å²) in [6, 6.07) is 3.54. The number of aromatic amines is 1. The third-order valence-corrected chi connectivity index (χ3v) is 2.84. The van der Waals surface area contributed by atoms with E-state index in [0.717, 1.165) is 17.2 Å². The van der Waals surface area contributed by atoms with E-state index in [9.17, 15) is 9.59 Å². The van der Waals surface area contributed by atoms with Crippen LogP contribution in [-0.4, -0.2) is 22.9 Å². The number of carbonyl (C=O) groups excluding carboxylic acids is 2. The van der Waals surface area contributed by atoms with Crippen LogP contribution in [-0.2, 0) is 0 Å². The number of benzene rings is 1. The van der Waals surface area contributed by atoms with E-state index < -0.39 is 6.09 Å². The third-order valence-electron chi connectivity index (χ3n) is 2.84. The summed E-state index contributed by atoms with van der Waals surface area (Å²) in [4.78, 5) is 25.8. The highest BCUT2D eigenvalue weighted by molar-refractivity contribution is 6.02. The number of hydrogen-bond donors (Lipinski definition) is 2. The molecule has 1 aromatic heterocycles. The summed E-state index contributed by atoms with van der Waals surface area (Å²) >= 11 is 0. The number of carbonyl (C=O) groups is 2. The van der Waals surface area contributed by atoms with Gasteiger partial charge in [0.15, 0.2) is 12.0 Å². The fourth-order valence-corrected chi connectivity index (χ4v) is 2.03. The quantitative estimate of drug-likeness (QED) is 0.826. The van der Waals surface area contributed by atoms with Gasteiger partial charge in [0.1, 0.15) is 0 Å². The van der Waals surface area contributed by atoms with Crippen molar-refractivity contribution in [3.05, 3.63) is 29.5 Å². The number of aromatic nitrogens is 1. The molecule has 5 heteroatoms. The molecule has 0 aliphatic rings. The Balaban J connectivity index is 2.36. The van der Waals surface area contributed by atoms with Crippen LogP contribution >= 0.6 is 0 Å². The van der Waals surface area contributed by atoms with Gasteiger partial charge in [-0.3, -0.25) is 4.79 Å². The Morgan fingerprint density at radius 2 is 2.05 bits per heavy atom. The first kappa shape index (κ1) is 14.1. The second-order valence-corrected chi connectivity index (χ2v) is 5.76. The average Bonchev–Trinajstić information content (AvgIpc) is 2.75. The number of amides is 1. The molecule has 0 aliphatic heterocycles. The number of hydrogen-bond acceptors (Lipinski definition) is 3. The molecule has 1 amide bonds. The van der Waals surface area contributed by atoms with Gasteiger partial charge in [-0.15, -0.1) is 0 Å². The second-order valence-electron chi connectivity index (χ2n) is 5.76. The summed E-state index contributed by atoms with van der Waals surface area (Å²) in [5, 5.41) is 3.50. The van der Waals surface area contributed by atoms with Gasteiger partial charge < -0.3 is 15.0 Å². The number of aryl methyl sites for hydroxylation is 1. The molecule has 0 spiro atoms. The molecule has 2 N–H and O–H groups in total. The van der Waals surface area contributed by atoms with Gasteiger partial charge in [-0.25, -0.2) is 4.79 Å². The Morgan fingerprint density at radius 3 is 2.65 bits per heavy atom. The van der Waals surface area contributed by atoms with Crippen LogP contribution < -0.4 is 10.1 Å². The van der Waals surface area contributed by atoms with E-state index in [0.29, 0.717) is 16.8 Å². The molecule has 0 fully saturated rings. The van der Waals surface area contributed by atoms with Gasteiger partial charge in [0, 0.05) is 22.7 Å². The number of aldehydes is 1. The topological polar surface area (TPSA) is 71.2 Å². The molecule has 106 valence electrons. The van der Waals surface area contributed by atoms with Crippen molar-refractivity contribution in [1.82, 2.24) is 10.3 Å². The SMILES string of the molecule is Cc1ccc(OC(=O)NC(C)(C)C)c2[nH]cc(C=O)c12. The number of rotatable bonds is 2. The summed E-state index contributed by atoms with van der Waals surface area (Å²) in [6.45, 7) is 7.52. The minimum Gasteiger partial charge on any atom is -0.408 e. The predicted molar refractivity (Wildman–Crippen MR) is 77.3 cm³/mol. The molecular weight excluding hydrogens is 256 g/mol. The zero-order valence-electron chi connectivity index (χ0n) is 12.0. The van der Waals surface area contributed by atoms with Crippen molar-refractivity contribution >= 4 is 23.3 Å². The van der Waals surface area contributed by atoms with Crippen molar-refractivity contribution < 1.29 is 14.3 Å². The molecule has 0 unspecified atom stereocenters. The lowest BCUT2D eigenvalue weighted by molar-refractivity contribution is 0.112. The number of H-pyrrole nitrogens is 1. The van der Waals surface area contributed by atoms with E-state index in [4.69, 9.17) is 4.74 Å². The van der Waals surface area contributed by atoms with Gasteiger partial charge >= 0.3 is 6.09 Å². The van der Waals surface area contributed by atoms with Gasteiger partial charge in [0.05, 0.1) is 5.52 Å². The fourth-order valence-electron chi connectivity index (χ4n) is 2.03. The molecule has 5 nitrogen and oxygen atoms in total.